The first-order valence-electron chi connectivity index (χ1n) is 4.65. The molecule has 0 aliphatic carbocycles. The lowest BCUT2D eigenvalue weighted by atomic mass is 10.2. The van der Waals surface area contributed by atoms with Gasteiger partial charge in [-0.3, -0.25) is 0 Å². The Hall–Kier alpha value is -1.31. The van der Waals surface area contributed by atoms with Gasteiger partial charge in [-0.2, -0.15) is 0 Å². The van der Waals surface area contributed by atoms with Crippen molar-refractivity contribution in [3.8, 4) is 0 Å². The van der Waals surface area contributed by atoms with E-state index in [4.69, 9.17) is 0 Å². The molecule has 2 aromatic rings. The van der Waals surface area contributed by atoms with Crippen LogP contribution >= 0.6 is 0 Å². The van der Waals surface area contributed by atoms with Gasteiger partial charge in [0, 0.05) is 24.8 Å². The van der Waals surface area contributed by atoms with Crippen molar-refractivity contribution < 1.29 is 0 Å². The third-order valence-corrected chi connectivity index (χ3v) is 1.99. The summed E-state index contributed by atoms with van der Waals surface area (Å²) in [5, 5.41) is 1.25. The maximum Gasteiger partial charge on any atom is 0.139 e. The molecule has 0 radical (unpaired) electrons. The van der Waals surface area contributed by atoms with Gasteiger partial charge in [0.2, 0.25) is 0 Å². The lowest BCUT2D eigenvalue weighted by Crippen LogP contribution is -1.87. The average molecular weight is 176 g/mol. The quantitative estimate of drug-likeness (QED) is 0.603. The molecule has 0 unspecified atom stereocenters. The maximum atomic E-state index is 4.26. The van der Waals surface area contributed by atoms with Crippen LogP contribution in [0.2, 0.25) is 0 Å². The Morgan fingerprint density at radius 3 is 2.54 bits per heavy atom. The van der Waals surface area contributed by atoms with Crippen molar-refractivity contribution in [1.29, 1.82) is 0 Å². The fourth-order valence-electron chi connectivity index (χ4n) is 1.30. The molecule has 0 saturated heterocycles. The van der Waals surface area contributed by atoms with Crippen LogP contribution in [0, 0.1) is 6.92 Å². The molecule has 2 aromatic heterocycles. The number of nitrogens with zero attached hydrogens (tertiary/aromatic N) is 2. The predicted octanol–water partition coefficient (Wildman–Crippen LogP) is 2.91. The van der Waals surface area contributed by atoms with Gasteiger partial charge >= 0.3 is 0 Å². The zero-order chi connectivity index (χ0) is 9.84. The molecule has 0 aliphatic rings. The minimum absolute atomic E-state index is 1.06. The molecule has 0 saturated carbocycles. The van der Waals surface area contributed by atoms with Crippen molar-refractivity contribution in [2.45, 2.75) is 20.8 Å². The summed E-state index contributed by atoms with van der Waals surface area (Å²) in [5.74, 6) is 0. The molecule has 0 amide bonds. The SMILES string of the molecule is CC.Cc1ccnc2c1ccn2C. The van der Waals surface area contributed by atoms with Gasteiger partial charge < -0.3 is 4.57 Å². The minimum Gasteiger partial charge on any atom is -0.336 e. The van der Waals surface area contributed by atoms with E-state index >= 15 is 0 Å². The van der Waals surface area contributed by atoms with Gasteiger partial charge in [0.25, 0.3) is 0 Å². The fourth-order valence-corrected chi connectivity index (χ4v) is 1.30. The van der Waals surface area contributed by atoms with E-state index in [1.54, 1.807) is 0 Å². The summed E-state index contributed by atoms with van der Waals surface area (Å²) in [6.07, 6.45) is 3.88. The number of aryl methyl sites for hydroxylation is 2. The molecule has 2 rings (SSSR count). The first-order valence-corrected chi connectivity index (χ1v) is 4.65. The number of hydrogen-bond acceptors (Lipinski definition) is 1. The monoisotopic (exact) mass is 176 g/mol. The Labute approximate surface area is 79.2 Å². The summed E-state index contributed by atoms with van der Waals surface area (Å²) in [7, 11) is 2.01. The molecule has 13 heavy (non-hydrogen) atoms. The molecule has 0 N–H and O–H groups in total. The maximum absolute atomic E-state index is 4.26. The van der Waals surface area contributed by atoms with Crippen LogP contribution in [0.4, 0.5) is 0 Å². The summed E-state index contributed by atoms with van der Waals surface area (Å²) < 4.78 is 2.03. The molecule has 0 spiro atoms. The number of hydrogen-bond donors (Lipinski definition) is 0. The highest BCUT2D eigenvalue weighted by Gasteiger charge is 1.99. The third-order valence-electron chi connectivity index (χ3n) is 1.99. The van der Waals surface area contributed by atoms with Gasteiger partial charge in [-0.15, -0.1) is 0 Å². The second-order valence-corrected chi connectivity index (χ2v) is 2.79. The zero-order valence-electron chi connectivity index (χ0n) is 8.70. The first kappa shape index (κ1) is 9.78. The lowest BCUT2D eigenvalue weighted by molar-refractivity contribution is 0.948. The van der Waals surface area contributed by atoms with E-state index in [1.807, 2.05) is 43.9 Å². The van der Waals surface area contributed by atoms with Gasteiger partial charge in [0.1, 0.15) is 5.65 Å². The second kappa shape index (κ2) is 4.08. The standard InChI is InChI=1S/C9H10N2.C2H6/c1-7-3-5-10-9-8(7)4-6-11(9)2;1-2/h3-6H,1-2H3;1-2H3. The second-order valence-electron chi connectivity index (χ2n) is 2.79. The van der Waals surface area contributed by atoms with Gasteiger partial charge in [0.05, 0.1) is 0 Å². The molecule has 70 valence electrons. The van der Waals surface area contributed by atoms with Crippen LogP contribution < -0.4 is 0 Å². The van der Waals surface area contributed by atoms with Crippen LogP contribution in [0.1, 0.15) is 19.4 Å². The highest BCUT2D eigenvalue weighted by Crippen LogP contribution is 2.15. The number of fused-ring (bicyclic) bond motifs is 1. The Morgan fingerprint density at radius 2 is 1.92 bits per heavy atom. The largest absolute Gasteiger partial charge is 0.336 e. The highest BCUT2D eigenvalue weighted by molar-refractivity contribution is 5.79. The van der Waals surface area contributed by atoms with E-state index in [0.29, 0.717) is 0 Å². The van der Waals surface area contributed by atoms with Gasteiger partial charge in [-0.25, -0.2) is 4.98 Å². The van der Waals surface area contributed by atoms with Crippen LogP contribution in [0.5, 0.6) is 0 Å². The molecule has 2 heterocycles. The van der Waals surface area contributed by atoms with Crippen LogP contribution in [0.25, 0.3) is 11.0 Å². The van der Waals surface area contributed by atoms with Crippen LogP contribution in [0.3, 0.4) is 0 Å². The summed E-state index contributed by atoms with van der Waals surface area (Å²) in [5.41, 5.74) is 2.35. The topological polar surface area (TPSA) is 17.8 Å². The molecule has 0 aromatic carbocycles. The number of pyridine rings is 1. The molecule has 0 aliphatic heterocycles. The predicted molar refractivity (Wildman–Crippen MR) is 56.8 cm³/mol. The van der Waals surface area contributed by atoms with Crippen molar-refractivity contribution >= 4 is 11.0 Å². The molecule has 0 atom stereocenters. The summed E-state index contributed by atoms with van der Waals surface area (Å²) >= 11 is 0. The molecular weight excluding hydrogens is 160 g/mol. The van der Waals surface area contributed by atoms with E-state index < -0.39 is 0 Å². The fraction of sp³-hybridized carbons (Fsp3) is 0.364. The number of rotatable bonds is 0. The van der Waals surface area contributed by atoms with E-state index in [1.165, 1.54) is 10.9 Å². The zero-order valence-corrected chi connectivity index (χ0v) is 8.70. The smallest absolute Gasteiger partial charge is 0.139 e. The van der Waals surface area contributed by atoms with Gasteiger partial charge in [-0.05, 0) is 24.6 Å². The van der Waals surface area contributed by atoms with Crippen molar-refractivity contribution in [2.24, 2.45) is 7.05 Å². The number of aromatic nitrogens is 2. The first-order chi connectivity index (χ1) is 6.29. The molecule has 0 bridgehead atoms. The van der Waals surface area contributed by atoms with Crippen molar-refractivity contribution in [3.05, 3.63) is 30.1 Å². The van der Waals surface area contributed by atoms with E-state index in [2.05, 4.69) is 18.0 Å². The van der Waals surface area contributed by atoms with Crippen molar-refractivity contribution in [2.75, 3.05) is 0 Å². The Balaban J connectivity index is 0.000000396. The lowest BCUT2D eigenvalue weighted by Gasteiger charge is -1.95. The Kier molecular flexibility index (Phi) is 3.07. The van der Waals surface area contributed by atoms with E-state index in [0.717, 1.165) is 5.65 Å². The summed E-state index contributed by atoms with van der Waals surface area (Å²) in [4.78, 5) is 4.26. The molecular formula is C11H16N2. The molecule has 0 fully saturated rings. The Bertz CT molecular complexity index is 388. The summed E-state index contributed by atoms with van der Waals surface area (Å²) in [6.45, 7) is 6.10. The van der Waals surface area contributed by atoms with Gasteiger partial charge in [-0.1, -0.05) is 13.8 Å². The third kappa shape index (κ3) is 1.72. The minimum atomic E-state index is 1.06. The van der Waals surface area contributed by atoms with E-state index in [-0.39, 0.29) is 0 Å². The summed E-state index contributed by atoms with van der Waals surface area (Å²) in [6, 6.07) is 4.12. The van der Waals surface area contributed by atoms with Crippen LogP contribution in [-0.4, -0.2) is 9.55 Å². The van der Waals surface area contributed by atoms with Crippen molar-refractivity contribution in [3.63, 3.8) is 0 Å². The normalized spacial score (nSPS) is 9.54. The van der Waals surface area contributed by atoms with E-state index in [9.17, 15) is 0 Å². The highest BCUT2D eigenvalue weighted by atomic mass is 15.0. The van der Waals surface area contributed by atoms with Crippen molar-refractivity contribution in [1.82, 2.24) is 9.55 Å². The van der Waals surface area contributed by atoms with Crippen LogP contribution in [-0.2, 0) is 7.05 Å². The molecule has 2 heteroatoms. The Morgan fingerprint density at radius 1 is 1.23 bits per heavy atom. The average Bonchev–Trinajstić information content (AvgIpc) is 2.53. The van der Waals surface area contributed by atoms with Gasteiger partial charge in [0.15, 0.2) is 0 Å². The van der Waals surface area contributed by atoms with Crippen LogP contribution in [0.15, 0.2) is 24.5 Å². The molecule has 2 nitrogen and oxygen atoms in total.